The molecule has 0 fully saturated rings. The van der Waals surface area contributed by atoms with Crippen molar-refractivity contribution < 1.29 is 0 Å². The average Bonchev–Trinajstić information content (AvgIpc) is 2.86. The summed E-state index contributed by atoms with van der Waals surface area (Å²) in [6.45, 7) is 3.88. The van der Waals surface area contributed by atoms with Gasteiger partial charge in [0.15, 0.2) is 0 Å². The zero-order valence-electron chi connectivity index (χ0n) is 14.8. The average molecular weight is 375 g/mol. The molecule has 2 aromatic heterocycles. The summed E-state index contributed by atoms with van der Waals surface area (Å²) in [6, 6.07) is 11.4. The number of benzene rings is 1. The van der Waals surface area contributed by atoms with Crippen LogP contribution in [0.5, 0.6) is 0 Å². The molecule has 0 amide bonds. The minimum absolute atomic E-state index is 0. The van der Waals surface area contributed by atoms with Crippen LogP contribution < -0.4 is 16.2 Å². The van der Waals surface area contributed by atoms with Crippen molar-refractivity contribution in [2.24, 2.45) is 7.05 Å². The van der Waals surface area contributed by atoms with Crippen molar-refractivity contribution in [1.82, 2.24) is 24.6 Å². The lowest BCUT2D eigenvalue weighted by molar-refractivity contribution is 0.629. The van der Waals surface area contributed by atoms with E-state index in [0.29, 0.717) is 25.6 Å². The highest BCUT2D eigenvalue weighted by molar-refractivity contribution is 5.85. The van der Waals surface area contributed by atoms with Crippen molar-refractivity contribution in [2.45, 2.75) is 13.5 Å². The van der Waals surface area contributed by atoms with Crippen LogP contribution >= 0.6 is 12.4 Å². The topological polar surface area (TPSA) is 76.8 Å². The van der Waals surface area contributed by atoms with E-state index in [-0.39, 0.29) is 18.0 Å². The fourth-order valence-electron chi connectivity index (χ4n) is 2.69. The number of anilines is 1. The molecular formula is C18H23ClN6O. The molecule has 3 rings (SSSR count). The molecule has 0 atom stereocenters. The second kappa shape index (κ2) is 9.17. The van der Waals surface area contributed by atoms with Crippen molar-refractivity contribution in [2.75, 3.05) is 18.4 Å². The first-order valence-electron chi connectivity index (χ1n) is 8.23. The van der Waals surface area contributed by atoms with Gasteiger partial charge in [-0.1, -0.05) is 18.2 Å². The number of para-hydroxylation sites is 1. The van der Waals surface area contributed by atoms with Crippen LogP contribution in [0, 0.1) is 6.92 Å². The molecule has 0 unspecified atom stereocenters. The van der Waals surface area contributed by atoms with Gasteiger partial charge in [-0.2, -0.15) is 0 Å². The maximum Gasteiger partial charge on any atom is 0.276 e. The predicted octanol–water partition coefficient (Wildman–Crippen LogP) is 1.90. The normalized spacial score (nSPS) is 10.4. The number of nitrogens with zero attached hydrogens (tertiary/aromatic N) is 4. The largest absolute Gasteiger partial charge is 0.353 e. The van der Waals surface area contributed by atoms with Crippen LogP contribution in [-0.4, -0.2) is 32.4 Å². The van der Waals surface area contributed by atoms with Gasteiger partial charge in [0.25, 0.3) is 5.56 Å². The number of hydrogen-bond donors (Lipinski definition) is 2. The van der Waals surface area contributed by atoms with E-state index in [1.807, 2.05) is 49.0 Å². The van der Waals surface area contributed by atoms with Crippen LogP contribution in [0.2, 0.25) is 0 Å². The van der Waals surface area contributed by atoms with E-state index in [0.717, 1.165) is 16.9 Å². The van der Waals surface area contributed by atoms with Crippen molar-refractivity contribution in [1.29, 1.82) is 0 Å². The molecule has 0 spiro atoms. The Hall–Kier alpha value is -2.64. The van der Waals surface area contributed by atoms with Crippen LogP contribution in [0.25, 0.3) is 5.69 Å². The number of aromatic nitrogens is 4. The Labute approximate surface area is 158 Å². The molecule has 2 heterocycles. The highest BCUT2D eigenvalue weighted by Gasteiger charge is 2.15. The lowest BCUT2D eigenvalue weighted by Crippen LogP contribution is -2.26. The van der Waals surface area contributed by atoms with Gasteiger partial charge in [-0.25, -0.2) is 14.6 Å². The van der Waals surface area contributed by atoms with Crippen LogP contribution in [-0.2, 0) is 13.6 Å². The van der Waals surface area contributed by atoms with Gasteiger partial charge in [0, 0.05) is 44.8 Å². The molecule has 3 aromatic rings. The Balaban J connectivity index is 0.00000243. The van der Waals surface area contributed by atoms with E-state index in [9.17, 15) is 4.79 Å². The summed E-state index contributed by atoms with van der Waals surface area (Å²) in [5.74, 6) is 0.603. The molecule has 8 heteroatoms. The zero-order chi connectivity index (χ0) is 17.6. The molecular weight excluding hydrogens is 352 g/mol. The second-order valence-electron chi connectivity index (χ2n) is 5.72. The highest BCUT2D eigenvalue weighted by atomic mass is 35.5. The summed E-state index contributed by atoms with van der Waals surface area (Å²) in [6.07, 6.45) is 3.39. The van der Waals surface area contributed by atoms with Gasteiger partial charge in [-0.3, -0.25) is 9.48 Å². The van der Waals surface area contributed by atoms with E-state index in [1.54, 1.807) is 23.1 Å². The molecule has 0 saturated carbocycles. The molecule has 1 aromatic carbocycles. The first-order valence-corrected chi connectivity index (χ1v) is 8.23. The third kappa shape index (κ3) is 4.30. The van der Waals surface area contributed by atoms with Crippen molar-refractivity contribution in [3.8, 4) is 5.69 Å². The van der Waals surface area contributed by atoms with Crippen LogP contribution in [0.3, 0.4) is 0 Å². The molecule has 2 N–H and O–H groups in total. The fourth-order valence-corrected chi connectivity index (χ4v) is 2.69. The van der Waals surface area contributed by atoms with E-state index in [4.69, 9.17) is 0 Å². The quantitative estimate of drug-likeness (QED) is 0.618. The summed E-state index contributed by atoms with van der Waals surface area (Å²) in [7, 11) is 1.90. The second-order valence-corrected chi connectivity index (χ2v) is 5.72. The molecule has 0 bridgehead atoms. The number of nitrogens with one attached hydrogen (secondary N) is 2. The van der Waals surface area contributed by atoms with Crippen molar-refractivity contribution in [3.63, 3.8) is 0 Å². The summed E-state index contributed by atoms with van der Waals surface area (Å²) in [5.41, 5.74) is 2.62. The van der Waals surface area contributed by atoms with Gasteiger partial charge in [0.1, 0.15) is 0 Å². The number of rotatable bonds is 7. The molecule has 0 saturated heterocycles. The Kier molecular flexibility index (Phi) is 6.94. The lowest BCUT2D eigenvalue weighted by atomic mass is 10.2. The highest BCUT2D eigenvalue weighted by Crippen LogP contribution is 2.09. The number of halogens is 1. The summed E-state index contributed by atoms with van der Waals surface area (Å²) in [5, 5.41) is 6.43. The standard InChI is InChI=1S/C18H22N6O.ClH/c1-14-16(13-19-11-12-22-18-20-9-6-10-21-18)17(25)24(23(14)2)15-7-4-3-5-8-15;/h3-10,19H,11-13H2,1-2H3,(H,20,21,22);1H. The molecule has 138 valence electrons. The van der Waals surface area contributed by atoms with Crippen molar-refractivity contribution in [3.05, 3.63) is 70.4 Å². The SMILES string of the molecule is Cc1c(CNCCNc2ncccn2)c(=O)n(-c2ccccc2)n1C.Cl. The van der Waals surface area contributed by atoms with Crippen molar-refractivity contribution >= 4 is 18.4 Å². The molecule has 7 nitrogen and oxygen atoms in total. The Bertz CT molecular complexity index is 876. The summed E-state index contributed by atoms with van der Waals surface area (Å²) < 4.78 is 3.59. The van der Waals surface area contributed by atoms with Gasteiger partial charge in [0.2, 0.25) is 5.95 Å². The minimum atomic E-state index is 0. The van der Waals surface area contributed by atoms with Gasteiger partial charge < -0.3 is 10.6 Å². The third-order valence-electron chi connectivity index (χ3n) is 4.13. The molecule has 0 aliphatic rings. The van der Waals surface area contributed by atoms with Gasteiger partial charge in [-0.15, -0.1) is 12.4 Å². The zero-order valence-corrected chi connectivity index (χ0v) is 15.7. The summed E-state index contributed by atoms with van der Waals surface area (Å²) in [4.78, 5) is 21.0. The first kappa shape index (κ1) is 19.7. The van der Waals surface area contributed by atoms with E-state index >= 15 is 0 Å². The van der Waals surface area contributed by atoms with Gasteiger partial charge in [0.05, 0.1) is 11.3 Å². The van der Waals surface area contributed by atoms with E-state index < -0.39 is 0 Å². The first-order chi connectivity index (χ1) is 12.2. The lowest BCUT2D eigenvalue weighted by Gasteiger charge is -2.07. The maximum absolute atomic E-state index is 12.8. The van der Waals surface area contributed by atoms with Crippen LogP contribution in [0.15, 0.2) is 53.6 Å². The molecule has 0 aliphatic heterocycles. The van der Waals surface area contributed by atoms with E-state index in [1.165, 1.54) is 0 Å². The van der Waals surface area contributed by atoms with Crippen LogP contribution in [0.1, 0.15) is 11.3 Å². The Morgan fingerprint density at radius 2 is 1.73 bits per heavy atom. The Morgan fingerprint density at radius 1 is 1.04 bits per heavy atom. The smallest absolute Gasteiger partial charge is 0.276 e. The van der Waals surface area contributed by atoms with Crippen LogP contribution in [0.4, 0.5) is 5.95 Å². The Morgan fingerprint density at radius 3 is 2.42 bits per heavy atom. The van der Waals surface area contributed by atoms with Gasteiger partial charge >= 0.3 is 0 Å². The monoisotopic (exact) mass is 374 g/mol. The van der Waals surface area contributed by atoms with E-state index in [2.05, 4.69) is 20.6 Å². The minimum Gasteiger partial charge on any atom is -0.353 e. The summed E-state index contributed by atoms with van der Waals surface area (Å²) >= 11 is 0. The number of hydrogen-bond acceptors (Lipinski definition) is 5. The van der Waals surface area contributed by atoms with Gasteiger partial charge in [-0.05, 0) is 25.1 Å². The molecule has 0 aliphatic carbocycles. The fraction of sp³-hybridized carbons (Fsp3) is 0.278. The maximum atomic E-state index is 12.8. The predicted molar refractivity (Wildman–Crippen MR) is 105 cm³/mol. The third-order valence-corrected chi connectivity index (χ3v) is 4.13. The molecule has 0 radical (unpaired) electrons. The molecule has 26 heavy (non-hydrogen) atoms.